The van der Waals surface area contributed by atoms with E-state index in [1.54, 1.807) is 6.20 Å². The molecule has 1 aliphatic rings. The van der Waals surface area contributed by atoms with Gasteiger partial charge in [0, 0.05) is 17.3 Å². The standard InChI is InChI=1S/C16H15NO3/c1-2-16(11-6-4-3-5-7-11)13-8-17-14(9-18)15(19)12(13)10-20-16/h3-9,19H,2,10H2,1H3. The molecule has 0 saturated carbocycles. The molecular weight excluding hydrogens is 254 g/mol. The van der Waals surface area contributed by atoms with Gasteiger partial charge in [0.1, 0.15) is 11.3 Å². The van der Waals surface area contributed by atoms with Gasteiger partial charge in [0.05, 0.1) is 6.61 Å². The van der Waals surface area contributed by atoms with Gasteiger partial charge in [-0.3, -0.25) is 4.79 Å². The van der Waals surface area contributed by atoms with E-state index in [4.69, 9.17) is 4.74 Å². The van der Waals surface area contributed by atoms with Crippen molar-refractivity contribution in [1.29, 1.82) is 0 Å². The van der Waals surface area contributed by atoms with Crippen LogP contribution in [0.25, 0.3) is 0 Å². The van der Waals surface area contributed by atoms with Crippen molar-refractivity contribution >= 4 is 6.29 Å². The fourth-order valence-electron chi connectivity index (χ4n) is 2.85. The van der Waals surface area contributed by atoms with Gasteiger partial charge in [-0.05, 0) is 12.0 Å². The van der Waals surface area contributed by atoms with Crippen LogP contribution >= 0.6 is 0 Å². The van der Waals surface area contributed by atoms with Gasteiger partial charge >= 0.3 is 0 Å². The van der Waals surface area contributed by atoms with Crippen molar-refractivity contribution in [3.63, 3.8) is 0 Å². The highest BCUT2D eigenvalue weighted by Crippen LogP contribution is 2.46. The minimum absolute atomic E-state index is 0.0623. The largest absolute Gasteiger partial charge is 0.505 e. The SMILES string of the molecule is CCC1(c2ccccc2)OCc2c1cnc(C=O)c2O. The van der Waals surface area contributed by atoms with Crippen LogP contribution in [0.5, 0.6) is 5.75 Å². The quantitative estimate of drug-likeness (QED) is 0.870. The lowest BCUT2D eigenvalue weighted by atomic mass is 9.84. The first-order chi connectivity index (χ1) is 9.73. The van der Waals surface area contributed by atoms with Gasteiger partial charge in [0.2, 0.25) is 0 Å². The van der Waals surface area contributed by atoms with Gasteiger partial charge in [-0.15, -0.1) is 0 Å². The summed E-state index contributed by atoms with van der Waals surface area (Å²) in [6.45, 7) is 2.32. The Hall–Kier alpha value is -2.20. The summed E-state index contributed by atoms with van der Waals surface area (Å²) in [5.74, 6) is -0.0660. The number of carbonyl (C=O) groups excluding carboxylic acids is 1. The molecule has 20 heavy (non-hydrogen) atoms. The summed E-state index contributed by atoms with van der Waals surface area (Å²) in [6, 6.07) is 9.88. The Kier molecular flexibility index (Phi) is 3.03. The molecule has 2 heterocycles. The highest BCUT2D eigenvalue weighted by molar-refractivity contribution is 5.77. The summed E-state index contributed by atoms with van der Waals surface area (Å²) in [6.07, 6.45) is 2.93. The summed E-state index contributed by atoms with van der Waals surface area (Å²) in [5.41, 5.74) is 2.00. The first-order valence-corrected chi connectivity index (χ1v) is 6.59. The molecule has 0 bridgehead atoms. The summed E-state index contributed by atoms with van der Waals surface area (Å²) in [5, 5.41) is 10.1. The van der Waals surface area contributed by atoms with Crippen molar-refractivity contribution in [3.8, 4) is 5.75 Å². The summed E-state index contributed by atoms with van der Waals surface area (Å²) >= 11 is 0. The van der Waals surface area contributed by atoms with Gasteiger partial charge < -0.3 is 9.84 Å². The van der Waals surface area contributed by atoms with E-state index in [9.17, 15) is 9.90 Å². The molecule has 4 nitrogen and oxygen atoms in total. The van der Waals surface area contributed by atoms with Crippen molar-refractivity contribution in [2.24, 2.45) is 0 Å². The van der Waals surface area contributed by atoms with E-state index < -0.39 is 5.60 Å². The second-order valence-corrected chi connectivity index (χ2v) is 4.84. The third kappa shape index (κ3) is 1.65. The normalized spacial score (nSPS) is 20.6. The zero-order valence-corrected chi connectivity index (χ0v) is 11.2. The maximum Gasteiger partial charge on any atom is 0.172 e. The molecule has 2 aromatic rings. The van der Waals surface area contributed by atoms with Gasteiger partial charge in [-0.25, -0.2) is 4.98 Å². The lowest BCUT2D eigenvalue weighted by Crippen LogP contribution is -2.26. The van der Waals surface area contributed by atoms with Crippen molar-refractivity contribution in [2.45, 2.75) is 25.6 Å². The summed E-state index contributed by atoms with van der Waals surface area (Å²) in [7, 11) is 0. The Morgan fingerprint density at radius 3 is 2.80 bits per heavy atom. The molecule has 0 aliphatic carbocycles. The number of aromatic nitrogens is 1. The molecule has 1 aromatic heterocycles. The molecule has 1 unspecified atom stereocenters. The lowest BCUT2D eigenvalue weighted by molar-refractivity contribution is -0.00836. The van der Waals surface area contributed by atoms with Crippen LogP contribution in [-0.4, -0.2) is 16.4 Å². The number of rotatable bonds is 3. The second-order valence-electron chi connectivity index (χ2n) is 4.84. The third-order valence-corrected chi connectivity index (χ3v) is 3.93. The van der Waals surface area contributed by atoms with Crippen molar-refractivity contribution in [3.05, 3.63) is 58.9 Å². The number of aldehydes is 1. The zero-order valence-electron chi connectivity index (χ0n) is 11.2. The zero-order chi connectivity index (χ0) is 14.2. The molecule has 1 aromatic carbocycles. The average molecular weight is 269 g/mol. The fourth-order valence-corrected chi connectivity index (χ4v) is 2.85. The Balaban J connectivity index is 2.21. The second kappa shape index (κ2) is 4.72. The van der Waals surface area contributed by atoms with E-state index >= 15 is 0 Å². The highest BCUT2D eigenvalue weighted by atomic mass is 16.5. The first kappa shape index (κ1) is 12.8. The molecule has 1 N–H and O–H groups in total. The number of carbonyl (C=O) groups is 1. The minimum atomic E-state index is -0.595. The molecule has 0 saturated heterocycles. The topological polar surface area (TPSA) is 59.4 Å². The van der Waals surface area contributed by atoms with Gasteiger partial charge in [-0.1, -0.05) is 37.3 Å². The van der Waals surface area contributed by atoms with Gasteiger partial charge in [0.25, 0.3) is 0 Å². The van der Waals surface area contributed by atoms with E-state index in [0.717, 1.165) is 17.5 Å². The maximum absolute atomic E-state index is 10.9. The van der Waals surface area contributed by atoms with E-state index in [1.807, 2.05) is 37.3 Å². The number of nitrogens with zero attached hydrogens (tertiary/aromatic N) is 1. The average Bonchev–Trinajstić information content (AvgIpc) is 2.89. The smallest absolute Gasteiger partial charge is 0.172 e. The molecule has 0 spiro atoms. The van der Waals surface area contributed by atoms with Crippen LogP contribution in [-0.2, 0) is 16.9 Å². The predicted molar refractivity (Wildman–Crippen MR) is 73.6 cm³/mol. The molecule has 3 rings (SSSR count). The van der Waals surface area contributed by atoms with E-state index in [-0.39, 0.29) is 18.1 Å². The number of hydrogen-bond acceptors (Lipinski definition) is 4. The van der Waals surface area contributed by atoms with Crippen LogP contribution in [0.15, 0.2) is 36.5 Å². The van der Waals surface area contributed by atoms with E-state index in [0.29, 0.717) is 11.8 Å². The number of pyridine rings is 1. The minimum Gasteiger partial charge on any atom is -0.505 e. The number of fused-ring (bicyclic) bond motifs is 1. The van der Waals surface area contributed by atoms with E-state index in [1.165, 1.54) is 0 Å². The Morgan fingerprint density at radius 2 is 2.15 bits per heavy atom. The van der Waals surface area contributed by atoms with Gasteiger partial charge in [-0.2, -0.15) is 0 Å². The van der Waals surface area contributed by atoms with Crippen LogP contribution < -0.4 is 0 Å². The Bertz CT molecular complexity index is 654. The molecule has 0 amide bonds. The predicted octanol–water partition coefficient (Wildman–Crippen LogP) is 2.78. The highest BCUT2D eigenvalue weighted by Gasteiger charge is 2.42. The van der Waals surface area contributed by atoms with Gasteiger partial charge in [0.15, 0.2) is 12.0 Å². The summed E-state index contributed by atoms with van der Waals surface area (Å²) in [4.78, 5) is 14.9. The number of benzene rings is 1. The lowest BCUT2D eigenvalue weighted by Gasteiger charge is -2.28. The molecule has 102 valence electrons. The van der Waals surface area contributed by atoms with Crippen LogP contribution in [0, 0.1) is 0 Å². The monoisotopic (exact) mass is 269 g/mol. The number of hydrogen-bond donors (Lipinski definition) is 1. The Morgan fingerprint density at radius 1 is 1.40 bits per heavy atom. The van der Waals surface area contributed by atoms with Crippen molar-refractivity contribution in [1.82, 2.24) is 4.98 Å². The fraction of sp³-hybridized carbons (Fsp3) is 0.250. The van der Waals surface area contributed by atoms with Crippen LogP contribution in [0.3, 0.4) is 0 Å². The van der Waals surface area contributed by atoms with Crippen LogP contribution in [0.2, 0.25) is 0 Å². The molecule has 0 fully saturated rings. The number of ether oxygens (including phenoxy) is 1. The van der Waals surface area contributed by atoms with Crippen molar-refractivity contribution in [2.75, 3.05) is 0 Å². The molecule has 1 aliphatic heterocycles. The van der Waals surface area contributed by atoms with Crippen LogP contribution in [0.1, 0.15) is 40.5 Å². The van der Waals surface area contributed by atoms with E-state index in [2.05, 4.69) is 4.98 Å². The molecule has 1 atom stereocenters. The van der Waals surface area contributed by atoms with Crippen LogP contribution in [0.4, 0.5) is 0 Å². The summed E-state index contributed by atoms with van der Waals surface area (Å²) < 4.78 is 6.01. The molecule has 4 heteroatoms. The number of aromatic hydroxyl groups is 1. The molecular formula is C16H15NO3. The third-order valence-electron chi connectivity index (χ3n) is 3.93. The first-order valence-electron chi connectivity index (χ1n) is 6.59. The maximum atomic E-state index is 10.9. The van der Waals surface area contributed by atoms with Crippen molar-refractivity contribution < 1.29 is 14.6 Å². The molecule has 0 radical (unpaired) electrons. The Labute approximate surface area is 117 Å².